The Morgan fingerprint density at radius 3 is 2.72 bits per heavy atom. The maximum Gasteiger partial charge on any atom is 0.265 e. The fourth-order valence-corrected chi connectivity index (χ4v) is 4.37. The number of nitrogens with zero attached hydrogens (tertiary/aromatic N) is 4. The van der Waals surface area contributed by atoms with Crippen molar-refractivity contribution in [2.75, 3.05) is 6.26 Å². The van der Waals surface area contributed by atoms with Crippen LogP contribution in [0.1, 0.15) is 38.3 Å². The molecule has 0 N–H and O–H groups in total. The van der Waals surface area contributed by atoms with Crippen molar-refractivity contribution in [3.05, 3.63) is 45.7 Å². The maximum absolute atomic E-state index is 13.5. The molecule has 0 spiro atoms. The number of hydrogen-bond acceptors (Lipinski definition) is 4. The zero-order chi connectivity index (χ0) is 17.8. The predicted molar refractivity (Wildman–Crippen MR) is 101 cm³/mol. The SMILES string of the molecule is CCn1nc(SC)n2c(=O)c3c(nc12)-c1ccccc1C[C@]3(C)CC. The largest absolute Gasteiger partial charge is 0.268 e. The van der Waals surface area contributed by atoms with Crippen LogP contribution in [0.4, 0.5) is 0 Å². The lowest BCUT2D eigenvalue weighted by molar-refractivity contribution is 0.439. The molecule has 25 heavy (non-hydrogen) atoms. The molecule has 3 aromatic rings. The van der Waals surface area contributed by atoms with Crippen molar-refractivity contribution in [3.63, 3.8) is 0 Å². The van der Waals surface area contributed by atoms with Crippen LogP contribution in [0.2, 0.25) is 0 Å². The van der Waals surface area contributed by atoms with E-state index in [9.17, 15) is 4.79 Å². The van der Waals surface area contributed by atoms with Crippen LogP contribution in [-0.4, -0.2) is 25.4 Å². The van der Waals surface area contributed by atoms with Crippen molar-refractivity contribution < 1.29 is 0 Å². The van der Waals surface area contributed by atoms with Crippen LogP contribution < -0.4 is 5.56 Å². The van der Waals surface area contributed by atoms with E-state index < -0.39 is 0 Å². The van der Waals surface area contributed by atoms with Crippen LogP contribution in [0.3, 0.4) is 0 Å². The van der Waals surface area contributed by atoms with Gasteiger partial charge in [-0.3, -0.25) is 4.79 Å². The molecule has 0 saturated carbocycles. The van der Waals surface area contributed by atoms with Gasteiger partial charge in [-0.2, -0.15) is 0 Å². The van der Waals surface area contributed by atoms with E-state index in [0.717, 1.165) is 29.7 Å². The molecule has 2 heterocycles. The molecule has 6 heteroatoms. The van der Waals surface area contributed by atoms with E-state index in [2.05, 4.69) is 37.1 Å². The summed E-state index contributed by atoms with van der Waals surface area (Å²) in [4.78, 5) is 18.5. The van der Waals surface area contributed by atoms with Gasteiger partial charge in [0, 0.05) is 17.5 Å². The second kappa shape index (κ2) is 5.73. The highest BCUT2D eigenvalue weighted by Gasteiger charge is 2.38. The topological polar surface area (TPSA) is 52.2 Å². The van der Waals surface area contributed by atoms with Gasteiger partial charge in [-0.05, 0) is 31.6 Å². The highest BCUT2D eigenvalue weighted by molar-refractivity contribution is 7.98. The summed E-state index contributed by atoms with van der Waals surface area (Å²) in [6.07, 6.45) is 3.71. The second-order valence-electron chi connectivity index (χ2n) is 6.83. The highest BCUT2D eigenvalue weighted by atomic mass is 32.2. The molecule has 0 unspecified atom stereocenters. The number of benzene rings is 1. The van der Waals surface area contributed by atoms with Crippen LogP contribution in [0.25, 0.3) is 17.0 Å². The molecule has 2 aromatic heterocycles. The van der Waals surface area contributed by atoms with Gasteiger partial charge in [-0.25, -0.2) is 14.1 Å². The summed E-state index contributed by atoms with van der Waals surface area (Å²) >= 11 is 1.48. The van der Waals surface area contributed by atoms with Gasteiger partial charge in [-0.15, -0.1) is 5.10 Å². The van der Waals surface area contributed by atoms with Crippen LogP contribution >= 0.6 is 11.8 Å². The van der Waals surface area contributed by atoms with Gasteiger partial charge >= 0.3 is 0 Å². The lowest BCUT2D eigenvalue weighted by Crippen LogP contribution is -2.37. The lowest BCUT2D eigenvalue weighted by Gasteiger charge is -2.34. The third-order valence-corrected chi connectivity index (χ3v) is 6.04. The first-order chi connectivity index (χ1) is 12.0. The van der Waals surface area contributed by atoms with Crippen LogP contribution in [0.5, 0.6) is 0 Å². The van der Waals surface area contributed by atoms with Crippen molar-refractivity contribution in [3.8, 4) is 11.3 Å². The van der Waals surface area contributed by atoms with Crippen LogP contribution in [0.15, 0.2) is 34.2 Å². The molecular formula is C19H22N4OS. The van der Waals surface area contributed by atoms with Gasteiger partial charge in [0.25, 0.3) is 5.56 Å². The summed E-state index contributed by atoms with van der Waals surface area (Å²) in [6, 6.07) is 8.31. The van der Waals surface area contributed by atoms with Crippen LogP contribution in [0, 0.1) is 0 Å². The molecule has 0 bridgehead atoms. The quantitative estimate of drug-likeness (QED) is 0.675. The maximum atomic E-state index is 13.5. The zero-order valence-corrected chi connectivity index (χ0v) is 15.9. The predicted octanol–water partition coefficient (Wildman–Crippen LogP) is 3.52. The third kappa shape index (κ3) is 2.20. The minimum absolute atomic E-state index is 0.0305. The Labute approximate surface area is 151 Å². The summed E-state index contributed by atoms with van der Waals surface area (Å²) in [6.45, 7) is 7.03. The Morgan fingerprint density at radius 2 is 2.04 bits per heavy atom. The molecule has 4 rings (SSSR count). The average Bonchev–Trinajstić information content (AvgIpc) is 3.00. The number of aryl methyl sites for hydroxylation is 1. The number of aromatic nitrogens is 4. The van der Waals surface area contributed by atoms with Crippen molar-refractivity contribution in [2.24, 2.45) is 0 Å². The summed E-state index contributed by atoms with van der Waals surface area (Å²) in [5.74, 6) is 0.630. The minimum Gasteiger partial charge on any atom is -0.268 e. The van der Waals surface area contributed by atoms with Crippen LogP contribution in [-0.2, 0) is 18.4 Å². The van der Waals surface area contributed by atoms with Gasteiger partial charge in [0.05, 0.1) is 11.3 Å². The Bertz CT molecular complexity index is 1040. The molecule has 1 atom stereocenters. The smallest absolute Gasteiger partial charge is 0.265 e. The van der Waals surface area contributed by atoms with Gasteiger partial charge in [0.15, 0.2) is 5.16 Å². The van der Waals surface area contributed by atoms with E-state index in [4.69, 9.17) is 4.98 Å². The van der Waals surface area contributed by atoms with Crippen molar-refractivity contribution >= 4 is 17.5 Å². The lowest BCUT2D eigenvalue weighted by atomic mass is 9.69. The van der Waals surface area contributed by atoms with E-state index in [-0.39, 0.29) is 11.0 Å². The van der Waals surface area contributed by atoms with Crippen molar-refractivity contribution in [1.29, 1.82) is 0 Å². The number of thioether (sulfide) groups is 1. The summed E-state index contributed by atoms with van der Waals surface area (Å²) in [5.41, 5.74) is 3.83. The molecule has 0 radical (unpaired) electrons. The van der Waals surface area contributed by atoms with E-state index in [1.165, 1.54) is 17.3 Å². The number of fused-ring (bicyclic) bond motifs is 4. The van der Waals surface area contributed by atoms with E-state index >= 15 is 0 Å². The normalized spacial score (nSPS) is 19.0. The summed E-state index contributed by atoms with van der Waals surface area (Å²) < 4.78 is 3.50. The van der Waals surface area contributed by atoms with Gasteiger partial charge < -0.3 is 0 Å². The second-order valence-corrected chi connectivity index (χ2v) is 7.60. The van der Waals surface area contributed by atoms with Crippen molar-refractivity contribution in [1.82, 2.24) is 19.2 Å². The van der Waals surface area contributed by atoms with Crippen molar-refractivity contribution in [2.45, 2.75) is 50.7 Å². The molecule has 0 aliphatic heterocycles. The molecule has 130 valence electrons. The van der Waals surface area contributed by atoms with Gasteiger partial charge in [-0.1, -0.05) is 49.9 Å². The average molecular weight is 354 g/mol. The zero-order valence-electron chi connectivity index (χ0n) is 15.0. The van der Waals surface area contributed by atoms with E-state index in [0.29, 0.717) is 17.5 Å². The first kappa shape index (κ1) is 16.4. The molecule has 0 saturated heterocycles. The third-order valence-electron chi connectivity index (χ3n) is 5.41. The van der Waals surface area contributed by atoms with Gasteiger partial charge in [0.1, 0.15) is 0 Å². The monoisotopic (exact) mass is 354 g/mol. The molecular weight excluding hydrogens is 332 g/mol. The molecule has 1 aliphatic rings. The first-order valence-electron chi connectivity index (χ1n) is 8.70. The fraction of sp³-hybridized carbons (Fsp3) is 0.421. The number of hydrogen-bond donors (Lipinski definition) is 0. The molecule has 5 nitrogen and oxygen atoms in total. The Kier molecular flexibility index (Phi) is 3.76. The number of rotatable bonds is 3. The molecule has 1 aromatic carbocycles. The fourth-order valence-electron chi connectivity index (χ4n) is 3.85. The molecule has 0 fully saturated rings. The van der Waals surface area contributed by atoms with E-state index in [1.54, 1.807) is 4.40 Å². The standard InChI is InChI=1S/C19H22N4OS/c1-5-19(3)11-12-9-7-8-10-13(12)15-14(19)16(24)23-17(20-15)22(6-2)21-18(23)25-4/h7-10H,5-6,11H2,1-4H3/t19-/m0/s1. The Morgan fingerprint density at radius 1 is 1.28 bits per heavy atom. The molecule has 1 aliphatic carbocycles. The first-order valence-corrected chi connectivity index (χ1v) is 9.92. The van der Waals surface area contributed by atoms with Gasteiger partial charge in [0.2, 0.25) is 5.78 Å². The molecule has 0 amide bonds. The summed E-state index contributed by atoms with van der Waals surface area (Å²) in [5, 5.41) is 5.27. The Hall–Kier alpha value is -2.08. The Balaban J connectivity index is 2.19. The minimum atomic E-state index is -0.209. The summed E-state index contributed by atoms with van der Waals surface area (Å²) in [7, 11) is 0. The highest BCUT2D eigenvalue weighted by Crippen LogP contribution is 2.42. The van der Waals surface area contributed by atoms with E-state index in [1.807, 2.05) is 23.9 Å².